The van der Waals surface area contributed by atoms with Crippen LogP contribution in [0.4, 0.5) is 0 Å². The third-order valence-electron chi connectivity index (χ3n) is 3.33. The summed E-state index contributed by atoms with van der Waals surface area (Å²) in [5, 5.41) is 0. The van der Waals surface area contributed by atoms with E-state index < -0.39 is 0 Å². The molecular formula is C14H21NO2S. The molecule has 0 bridgehead atoms. The molecule has 0 spiro atoms. The van der Waals surface area contributed by atoms with Gasteiger partial charge in [0.25, 0.3) is 0 Å². The van der Waals surface area contributed by atoms with Crippen LogP contribution in [0.3, 0.4) is 0 Å². The first-order chi connectivity index (χ1) is 8.76. The molecule has 0 aromatic heterocycles. The van der Waals surface area contributed by atoms with E-state index in [9.17, 15) is 0 Å². The van der Waals surface area contributed by atoms with Gasteiger partial charge in [-0.25, -0.2) is 0 Å². The number of thioether (sulfide) groups is 1. The molecule has 0 amide bonds. The molecule has 0 unspecified atom stereocenters. The zero-order valence-electron chi connectivity index (χ0n) is 11.0. The predicted octanol–water partition coefficient (Wildman–Crippen LogP) is 2.64. The van der Waals surface area contributed by atoms with Crippen molar-refractivity contribution in [3.05, 3.63) is 23.8 Å². The van der Waals surface area contributed by atoms with Gasteiger partial charge in [-0.05, 0) is 36.8 Å². The Kier molecular flexibility index (Phi) is 4.78. The summed E-state index contributed by atoms with van der Waals surface area (Å²) in [5.41, 5.74) is 7.48. The van der Waals surface area contributed by atoms with E-state index in [0.717, 1.165) is 23.7 Å². The van der Waals surface area contributed by atoms with Gasteiger partial charge in [0.15, 0.2) is 11.5 Å². The summed E-state index contributed by atoms with van der Waals surface area (Å²) >= 11 is 1.98. The van der Waals surface area contributed by atoms with Gasteiger partial charge in [0.2, 0.25) is 0 Å². The summed E-state index contributed by atoms with van der Waals surface area (Å²) in [6.45, 7) is 2.62. The third kappa shape index (κ3) is 2.93. The average molecular weight is 267 g/mol. The van der Waals surface area contributed by atoms with Gasteiger partial charge >= 0.3 is 0 Å². The Morgan fingerprint density at radius 2 is 2.22 bits per heavy atom. The van der Waals surface area contributed by atoms with Crippen molar-refractivity contribution in [1.29, 1.82) is 0 Å². The number of nitrogens with two attached hydrogens (primary N) is 1. The van der Waals surface area contributed by atoms with Gasteiger partial charge in [-0.15, -0.1) is 0 Å². The van der Waals surface area contributed by atoms with Crippen LogP contribution in [-0.2, 0) is 0 Å². The molecule has 18 heavy (non-hydrogen) atoms. The summed E-state index contributed by atoms with van der Waals surface area (Å²) in [6, 6.07) is 6.43. The maximum absolute atomic E-state index is 6.22. The molecule has 2 rings (SSSR count). The molecule has 4 heteroatoms. The lowest BCUT2D eigenvalue weighted by molar-refractivity contribution is 0.310. The van der Waals surface area contributed by atoms with Crippen LogP contribution in [0.1, 0.15) is 24.8 Å². The molecule has 0 aliphatic carbocycles. The van der Waals surface area contributed by atoms with Crippen LogP contribution in [0.2, 0.25) is 0 Å². The molecule has 0 saturated carbocycles. The van der Waals surface area contributed by atoms with Crippen molar-refractivity contribution < 1.29 is 9.47 Å². The van der Waals surface area contributed by atoms with Gasteiger partial charge in [-0.1, -0.05) is 6.07 Å². The van der Waals surface area contributed by atoms with E-state index in [1.165, 1.54) is 11.3 Å². The van der Waals surface area contributed by atoms with Gasteiger partial charge in [0.1, 0.15) is 0 Å². The topological polar surface area (TPSA) is 44.5 Å². The smallest absolute Gasteiger partial charge is 0.161 e. The van der Waals surface area contributed by atoms with Gasteiger partial charge in [0.05, 0.1) is 13.7 Å². The SMILES string of the molecule is CCOc1cc([C@H]2CSCC[C@H]2N)ccc1OC. The second-order valence-corrected chi connectivity index (χ2v) is 5.63. The van der Waals surface area contributed by atoms with Crippen molar-refractivity contribution in [1.82, 2.24) is 0 Å². The highest BCUT2D eigenvalue weighted by Gasteiger charge is 2.24. The first-order valence-corrected chi connectivity index (χ1v) is 7.55. The molecule has 0 radical (unpaired) electrons. The van der Waals surface area contributed by atoms with Crippen LogP contribution < -0.4 is 15.2 Å². The minimum absolute atomic E-state index is 0.258. The van der Waals surface area contributed by atoms with Crippen LogP contribution in [-0.4, -0.2) is 31.3 Å². The van der Waals surface area contributed by atoms with Crippen molar-refractivity contribution in [2.24, 2.45) is 5.73 Å². The molecule has 2 N–H and O–H groups in total. The van der Waals surface area contributed by atoms with E-state index in [0.29, 0.717) is 12.5 Å². The first kappa shape index (κ1) is 13.6. The molecule has 2 atom stereocenters. The zero-order chi connectivity index (χ0) is 13.0. The number of hydrogen-bond donors (Lipinski definition) is 1. The summed E-state index contributed by atoms with van der Waals surface area (Å²) in [7, 11) is 1.67. The minimum atomic E-state index is 0.258. The molecule has 1 aliphatic heterocycles. The molecule has 3 nitrogen and oxygen atoms in total. The minimum Gasteiger partial charge on any atom is -0.493 e. The van der Waals surface area contributed by atoms with Crippen molar-refractivity contribution in [2.75, 3.05) is 25.2 Å². The largest absolute Gasteiger partial charge is 0.493 e. The highest BCUT2D eigenvalue weighted by Crippen LogP contribution is 2.35. The Labute approximate surface area is 113 Å². The molecule has 1 aromatic carbocycles. The predicted molar refractivity (Wildman–Crippen MR) is 76.8 cm³/mol. The lowest BCUT2D eigenvalue weighted by Gasteiger charge is -2.29. The maximum atomic E-state index is 6.22. The Bertz CT molecular complexity index is 397. The van der Waals surface area contributed by atoms with Gasteiger partial charge in [0, 0.05) is 17.7 Å². The van der Waals surface area contributed by atoms with E-state index in [-0.39, 0.29) is 6.04 Å². The number of methoxy groups -OCH3 is 1. The quantitative estimate of drug-likeness (QED) is 0.911. The Morgan fingerprint density at radius 1 is 1.39 bits per heavy atom. The summed E-state index contributed by atoms with van der Waals surface area (Å²) in [4.78, 5) is 0. The second-order valence-electron chi connectivity index (χ2n) is 4.48. The zero-order valence-corrected chi connectivity index (χ0v) is 11.8. The number of rotatable bonds is 4. The number of hydrogen-bond acceptors (Lipinski definition) is 4. The highest BCUT2D eigenvalue weighted by atomic mass is 32.2. The molecular weight excluding hydrogens is 246 g/mol. The van der Waals surface area contributed by atoms with E-state index in [2.05, 4.69) is 12.1 Å². The van der Waals surface area contributed by atoms with E-state index in [1.54, 1.807) is 7.11 Å². The second kappa shape index (κ2) is 6.34. The lowest BCUT2D eigenvalue weighted by Crippen LogP contribution is -2.33. The van der Waals surface area contributed by atoms with Crippen molar-refractivity contribution in [2.45, 2.75) is 25.3 Å². The maximum Gasteiger partial charge on any atom is 0.161 e. The number of benzene rings is 1. The molecule has 1 aromatic rings. The molecule has 100 valence electrons. The molecule has 1 aliphatic rings. The monoisotopic (exact) mass is 267 g/mol. The Hall–Kier alpha value is -0.870. The Morgan fingerprint density at radius 3 is 2.89 bits per heavy atom. The van der Waals surface area contributed by atoms with Crippen LogP contribution in [0.15, 0.2) is 18.2 Å². The standard InChI is InChI=1S/C14H21NO2S/c1-3-17-14-8-10(4-5-13(14)16-2)11-9-18-7-6-12(11)15/h4-5,8,11-12H,3,6-7,9,15H2,1-2H3/t11-,12-/m1/s1. The average Bonchev–Trinajstić information content (AvgIpc) is 2.40. The normalized spacial score (nSPS) is 23.7. The van der Waals surface area contributed by atoms with Crippen LogP contribution >= 0.6 is 11.8 Å². The third-order valence-corrected chi connectivity index (χ3v) is 4.44. The van der Waals surface area contributed by atoms with E-state index >= 15 is 0 Å². The van der Waals surface area contributed by atoms with Gasteiger partial charge < -0.3 is 15.2 Å². The molecule has 1 heterocycles. The highest BCUT2D eigenvalue weighted by molar-refractivity contribution is 7.99. The lowest BCUT2D eigenvalue weighted by atomic mass is 9.91. The van der Waals surface area contributed by atoms with Crippen LogP contribution in [0, 0.1) is 0 Å². The van der Waals surface area contributed by atoms with Gasteiger partial charge in [-0.2, -0.15) is 11.8 Å². The van der Waals surface area contributed by atoms with Crippen molar-refractivity contribution >= 4 is 11.8 Å². The van der Waals surface area contributed by atoms with Gasteiger partial charge in [-0.3, -0.25) is 0 Å². The fourth-order valence-electron chi connectivity index (χ4n) is 2.29. The van der Waals surface area contributed by atoms with E-state index in [1.807, 2.05) is 24.8 Å². The summed E-state index contributed by atoms with van der Waals surface area (Å²) < 4.78 is 10.9. The molecule has 1 fully saturated rings. The van der Waals surface area contributed by atoms with Crippen molar-refractivity contribution in [3.8, 4) is 11.5 Å². The van der Waals surface area contributed by atoms with Crippen LogP contribution in [0.25, 0.3) is 0 Å². The van der Waals surface area contributed by atoms with Crippen LogP contribution in [0.5, 0.6) is 11.5 Å². The first-order valence-electron chi connectivity index (χ1n) is 6.40. The Balaban J connectivity index is 2.24. The number of ether oxygens (including phenoxy) is 2. The fraction of sp³-hybridized carbons (Fsp3) is 0.571. The fourth-order valence-corrected chi connectivity index (χ4v) is 3.59. The summed E-state index contributed by atoms with van der Waals surface area (Å²) in [6.07, 6.45) is 1.09. The van der Waals surface area contributed by atoms with Crippen molar-refractivity contribution in [3.63, 3.8) is 0 Å². The van der Waals surface area contributed by atoms with E-state index in [4.69, 9.17) is 15.2 Å². The molecule has 1 saturated heterocycles. The summed E-state index contributed by atoms with van der Waals surface area (Å²) in [5.74, 6) is 4.30.